The Morgan fingerprint density at radius 2 is 1.43 bits per heavy atom. The highest BCUT2D eigenvalue weighted by Gasteiger charge is 2.58. The van der Waals surface area contributed by atoms with Gasteiger partial charge in [0, 0.05) is 0 Å². The van der Waals surface area contributed by atoms with E-state index in [0.717, 1.165) is 14.2 Å². The highest BCUT2D eigenvalue weighted by Crippen LogP contribution is 2.25. The summed E-state index contributed by atoms with van der Waals surface area (Å²) < 4.78 is 19.6. The molecule has 0 aliphatic carbocycles. The number of methoxy groups -OCH3 is 2. The number of ether oxygens (including phenoxy) is 4. The topological polar surface area (TPSA) is 131 Å². The molecule has 0 saturated carbocycles. The molecule has 1 unspecified atom stereocenters. The highest BCUT2D eigenvalue weighted by molar-refractivity contribution is 6.08. The third-order valence-electron chi connectivity index (χ3n) is 3.57. The van der Waals surface area contributed by atoms with Crippen LogP contribution in [0.1, 0.15) is 37.6 Å². The molecule has 9 heteroatoms. The molecule has 0 saturated heterocycles. The Balaban J connectivity index is 3.29. The summed E-state index contributed by atoms with van der Waals surface area (Å²) in [6.45, 7) is 4.92. The van der Waals surface area contributed by atoms with Gasteiger partial charge in [-0.3, -0.25) is 4.79 Å². The normalized spacial score (nSPS) is 12.5. The van der Waals surface area contributed by atoms with E-state index in [1.165, 1.54) is 12.1 Å². The summed E-state index contributed by atoms with van der Waals surface area (Å²) in [5.41, 5.74) is 2.52. The van der Waals surface area contributed by atoms with Gasteiger partial charge >= 0.3 is 29.5 Å². The minimum Gasteiger partial charge on any atom is -0.466 e. The third-order valence-corrected chi connectivity index (χ3v) is 3.57. The van der Waals surface area contributed by atoms with Crippen molar-refractivity contribution in [2.45, 2.75) is 44.4 Å². The molecule has 28 heavy (non-hydrogen) atoms. The van der Waals surface area contributed by atoms with Gasteiger partial charge < -0.3 is 24.7 Å². The van der Waals surface area contributed by atoms with Gasteiger partial charge in [0.05, 0.1) is 32.2 Å². The van der Waals surface area contributed by atoms with Crippen molar-refractivity contribution in [3.8, 4) is 0 Å². The SMILES string of the molecule is COC(=O)C(OC(=O)c1ccccc1)(C(=O)OC)C(N)CC(=O)OC(C)(C)C. The average Bonchev–Trinajstić information content (AvgIpc) is 2.63. The van der Waals surface area contributed by atoms with Gasteiger partial charge in [0.2, 0.25) is 0 Å². The number of hydrogen-bond donors (Lipinski definition) is 1. The summed E-state index contributed by atoms with van der Waals surface area (Å²) in [4.78, 5) is 49.6. The van der Waals surface area contributed by atoms with Crippen LogP contribution < -0.4 is 5.73 Å². The van der Waals surface area contributed by atoms with Crippen molar-refractivity contribution >= 4 is 23.9 Å². The molecule has 1 aromatic rings. The predicted molar refractivity (Wildman–Crippen MR) is 97.1 cm³/mol. The maximum Gasteiger partial charge on any atom is 0.364 e. The molecule has 1 rings (SSSR count). The molecule has 2 N–H and O–H groups in total. The number of hydrogen-bond acceptors (Lipinski definition) is 9. The first-order chi connectivity index (χ1) is 13.0. The van der Waals surface area contributed by atoms with Crippen LogP contribution in [0.3, 0.4) is 0 Å². The van der Waals surface area contributed by atoms with Gasteiger partial charge in [0.1, 0.15) is 5.60 Å². The fraction of sp³-hybridized carbons (Fsp3) is 0.474. The molecule has 0 aliphatic rings. The van der Waals surface area contributed by atoms with Crippen LogP contribution in [0.15, 0.2) is 30.3 Å². The summed E-state index contributed by atoms with van der Waals surface area (Å²) in [5.74, 6) is -4.37. The number of benzene rings is 1. The zero-order valence-corrected chi connectivity index (χ0v) is 16.5. The molecule has 0 aromatic heterocycles. The third kappa shape index (κ3) is 5.53. The average molecular weight is 395 g/mol. The van der Waals surface area contributed by atoms with Crippen LogP contribution in [0.25, 0.3) is 0 Å². The van der Waals surface area contributed by atoms with Crippen molar-refractivity contribution in [1.82, 2.24) is 0 Å². The summed E-state index contributed by atoms with van der Waals surface area (Å²) in [6.07, 6.45) is -0.608. The number of esters is 4. The van der Waals surface area contributed by atoms with Crippen LogP contribution in [-0.4, -0.2) is 55.3 Å². The number of nitrogens with two attached hydrogens (primary N) is 1. The lowest BCUT2D eigenvalue weighted by molar-refractivity contribution is -0.184. The molecule has 154 valence electrons. The van der Waals surface area contributed by atoms with E-state index in [1.54, 1.807) is 39.0 Å². The van der Waals surface area contributed by atoms with Crippen molar-refractivity contribution in [2.24, 2.45) is 5.73 Å². The predicted octanol–water partition coefficient (Wildman–Crippen LogP) is 0.987. The van der Waals surface area contributed by atoms with Crippen LogP contribution in [0.4, 0.5) is 0 Å². The van der Waals surface area contributed by atoms with Crippen LogP contribution in [0.5, 0.6) is 0 Å². The standard InChI is InChI=1S/C19H25NO8/c1-18(2,3)27-14(21)11-13(20)19(16(23)25-4,17(24)26-5)28-15(22)12-9-7-6-8-10-12/h6-10,13H,11,20H2,1-5H3. The van der Waals surface area contributed by atoms with Gasteiger partial charge in [-0.2, -0.15) is 0 Å². The first kappa shape index (κ1) is 23.1. The zero-order valence-electron chi connectivity index (χ0n) is 16.5. The Labute approximate surface area is 163 Å². The van der Waals surface area contributed by atoms with Crippen LogP contribution in [0, 0.1) is 0 Å². The van der Waals surface area contributed by atoms with Crippen molar-refractivity contribution in [2.75, 3.05) is 14.2 Å². The lowest BCUT2D eigenvalue weighted by Gasteiger charge is -2.32. The van der Waals surface area contributed by atoms with Gasteiger partial charge in [-0.1, -0.05) is 18.2 Å². The molecule has 0 spiro atoms. The van der Waals surface area contributed by atoms with Crippen LogP contribution >= 0.6 is 0 Å². The molecule has 0 bridgehead atoms. The molecule has 0 radical (unpaired) electrons. The minimum absolute atomic E-state index is 0.0594. The van der Waals surface area contributed by atoms with Crippen molar-refractivity contribution in [3.63, 3.8) is 0 Å². The Morgan fingerprint density at radius 3 is 1.86 bits per heavy atom. The molecule has 0 amide bonds. The summed E-state index contributed by atoms with van der Waals surface area (Å²) in [5, 5.41) is 0. The second-order valence-corrected chi connectivity index (χ2v) is 6.87. The maximum absolute atomic E-state index is 12.5. The molecule has 0 heterocycles. The lowest BCUT2D eigenvalue weighted by atomic mass is 9.91. The molecule has 0 aliphatic heterocycles. The molecule has 0 fully saturated rings. The zero-order chi connectivity index (χ0) is 21.5. The van der Waals surface area contributed by atoms with Crippen LogP contribution in [0.2, 0.25) is 0 Å². The van der Waals surface area contributed by atoms with Gasteiger partial charge in [-0.15, -0.1) is 0 Å². The second-order valence-electron chi connectivity index (χ2n) is 6.87. The highest BCUT2D eigenvalue weighted by atomic mass is 16.6. The lowest BCUT2D eigenvalue weighted by Crippen LogP contribution is -2.63. The van der Waals surface area contributed by atoms with E-state index in [2.05, 4.69) is 9.47 Å². The van der Waals surface area contributed by atoms with Gasteiger partial charge in [-0.05, 0) is 32.9 Å². The van der Waals surface area contributed by atoms with Crippen LogP contribution in [-0.2, 0) is 33.3 Å². The molecular formula is C19H25NO8. The Morgan fingerprint density at radius 1 is 0.929 bits per heavy atom. The number of carbonyl (C=O) groups is 4. The first-order valence-electron chi connectivity index (χ1n) is 8.40. The largest absolute Gasteiger partial charge is 0.466 e. The fourth-order valence-electron chi connectivity index (χ4n) is 2.33. The quantitative estimate of drug-likeness (QED) is 0.408. The summed E-state index contributed by atoms with van der Waals surface area (Å²) >= 11 is 0. The molecule has 9 nitrogen and oxygen atoms in total. The van der Waals surface area contributed by atoms with Crippen molar-refractivity contribution in [1.29, 1.82) is 0 Å². The minimum atomic E-state index is -2.69. The first-order valence-corrected chi connectivity index (χ1v) is 8.40. The number of carbonyl (C=O) groups excluding carboxylic acids is 4. The van der Waals surface area contributed by atoms with E-state index < -0.39 is 47.5 Å². The maximum atomic E-state index is 12.5. The van der Waals surface area contributed by atoms with Crippen molar-refractivity contribution in [3.05, 3.63) is 35.9 Å². The van der Waals surface area contributed by atoms with E-state index in [9.17, 15) is 19.2 Å². The van der Waals surface area contributed by atoms with E-state index >= 15 is 0 Å². The summed E-state index contributed by atoms with van der Waals surface area (Å²) in [7, 11) is 1.97. The van der Waals surface area contributed by atoms with Gasteiger partial charge in [0.25, 0.3) is 0 Å². The molecular weight excluding hydrogens is 370 g/mol. The van der Waals surface area contributed by atoms with E-state index in [4.69, 9.17) is 15.2 Å². The number of rotatable bonds is 7. The summed E-state index contributed by atoms with van der Waals surface area (Å²) in [6, 6.07) is 6.01. The van der Waals surface area contributed by atoms with Gasteiger partial charge in [-0.25, -0.2) is 14.4 Å². The Bertz CT molecular complexity index is 707. The Kier molecular flexibility index (Phi) is 7.69. The monoisotopic (exact) mass is 395 g/mol. The molecule has 1 atom stereocenters. The fourth-order valence-corrected chi connectivity index (χ4v) is 2.33. The Hall–Kier alpha value is -2.94. The smallest absolute Gasteiger partial charge is 0.364 e. The van der Waals surface area contributed by atoms with E-state index in [0.29, 0.717) is 0 Å². The van der Waals surface area contributed by atoms with E-state index in [1.807, 2.05) is 0 Å². The van der Waals surface area contributed by atoms with Gasteiger partial charge in [0.15, 0.2) is 0 Å². The van der Waals surface area contributed by atoms with E-state index in [-0.39, 0.29) is 5.56 Å². The van der Waals surface area contributed by atoms with Crippen molar-refractivity contribution < 1.29 is 38.1 Å². The second kappa shape index (κ2) is 9.32. The molecule has 1 aromatic carbocycles.